The molecule has 0 amide bonds. The van der Waals surface area contributed by atoms with Gasteiger partial charge in [0.25, 0.3) is 0 Å². The molecule has 0 saturated carbocycles. The third kappa shape index (κ3) is 3.48. The summed E-state index contributed by atoms with van der Waals surface area (Å²) in [7, 11) is 1.90. The van der Waals surface area contributed by atoms with Crippen molar-refractivity contribution in [1.82, 2.24) is 5.32 Å². The van der Waals surface area contributed by atoms with Crippen LogP contribution in [0.2, 0.25) is 0 Å². The van der Waals surface area contributed by atoms with Gasteiger partial charge in [0.2, 0.25) is 0 Å². The van der Waals surface area contributed by atoms with E-state index in [1.807, 2.05) is 25.2 Å². The molecule has 0 heterocycles. The van der Waals surface area contributed by atoms with Gasteiger partial charge in [-0.3, -0.25) is 0 Å². The van der Waals surface area contributed by atoms with Crippen LogP contribution in [0.3, 0.4) is 0 Å². The van der Waals surface area contributed by atoms with Gasteiger partial charge in [-0.1, -0.05) is 15.9 Å². The van der Waals surface area contributed by atoms with Crippen molar-refractivity contribution in [2.45, 2.75) is 13.0 Å². The second-order valence-corrected chi connectivity index (χ2v) is 4.18. The van der Waals surface area contributed by atoms with Crippen LogP contribution in [-0.2, 0) is 0 Å². The standard InChI is InChI=1S/C11H16BrNO2/c1-8(13-2)10-7-9(12)3-4-11(10)15-6-5-14/h3-4,7-8,13-14H,5-6H2,1-2H3. The first-order valence-corrected chi connectivity index (χ1v) is 5.68. The van der Waals surface area contributed by atoms with Crippen molar-refractivity contribution >= 4 is 15.9 Å². The van der Waals surface area contributed by atoms with Crippen LogP contribution in [-0.4, -0.2) is 25.4 Å². The first-order chi connectivity index (χ1) is 7.19. The second kappa shape index (κ2) is 6.10. The first kappa shape index (κ1) is 12.5. The van der Waals surface area contributed by atoms with Crippen LogP contribution in [0.4, 0.5) is 0 Å². The predicted octanol–water partition coefficient (Wildman–Crippen LogP) is 2.10. The monoisotopic (exact) mass is 273 g/mol. The van der Waals surface area contributed by atoms with Gasteiger partial charge in [0, 0.05) is 16.1 Å². The van der Waals surface area contributed by atoms with E-state index in [-0.39, 0.29) is 12.6 Å². The molecule has 0 aliphatic heterocycles. The number of ether oxygens (including phenoxy) is 1. The molecule has 0 aliphatic rings. The number of rotatable bonds is 5. The van der Waals surface area contributed by atoms with Gasteiger partial charge in [-0.15, -0.1) is 0 Å². The summed E-state index contributed by atoms with van der Waals surface area (Å²) < 4.78 is 6.48. The molecule has 0 aliphatic carbocycles. The number of halogens is 1. The van der Waals surface area contributed by atoms with E-state index in [2.05, 4.69) is 28.2 Å². The Morgan fingerprint density at radius 1 is 1.53 bits per heavy atom. The molecule has 84 valence electrons. The van der Waals surface area contributed by atoms with Gasteiger partial charge in [0.1, 0.15) is 12.4 Å². The van der Waals surface area contributed by atoms with Crippen molar-refractivity contribution in [1.29, 1.82) is 0 Å². The summed E-state index contributed by atoms with van der Waals surface area (Å²) in [4.78, 5) is 0. The molecule has 0 radical (unpaired) electrons. The molecule has 2 N–H and O–H groups in total. The van der Waals surface area contributed by atoms with Gasteiger partial charge in [-0.05, 0) is 32.2 Å². The highest BCUT2D eigenvalue weighted by Gasteiger charge is 2.10. The third-order valence-electron chi connectivity index (χ3n) is 2.22. The van der Waals surface area contributed by atoms with Gasteiger partial charge in [0.05, 0.1) is 6.61 Å². The summed E-state index contributed by atoms with van der Waals surface area (Å²) in [6, 6.07) is 6.08. The van der Waals surface area contributed by atoms with E-state index in [4.69, 9.17) is 9.84 Å². The number of aliphatic hydroxyl groups is 1. The van der Waals surface area contributed by atoms with E-state index < -0.39 is 0 Å². The normalized spacial score (nSPS) is 12.5. The number of nitrogens with one attached hydrogen (secondary N) is 1. The lowest BCUT2D eigenvalue weighted by molar-refractivity contribution is 0.199. The van der Waals surface area contributed by atoms with Crippen molar-refractivity contribution in [3.8, 4) is 5.75 Å². The highest BCUT2D eigenvalue weighted by atomic mass is 79.9. The van der Waals surface area contributed by atoms with Crippen molar-refractivity contribution < 1.29 is 9.84 Å². The molecule has 3 nitrogen and oxygen atoms in total. The summed E-state index contributed by atoms with van der Waals surface area (Å²) in [6.45, 7) is 2.42. The maximum absolute atomic E-state index is 8.72. The highest BCUT2D eigenvalue weighted by molar-refractivity contribution is 9.10. The fourth-order valence-corrected chi connectivity index (χ4v) is 1.68. The van der Waals surface area contributed by atoms with Gasteiger partial charge in [0.15, 0.2) is 0 Å². The number of benzene rings is 1. The first-order valence-electron chi connectivity index (χ1n) is 4.89. The number of hydrogen-bond donors (Lipinski definition) is 2. The minimum atomic E-state index is 0.0312. The maximum Gasteiger partial charge on any atom is 0.124 e. The zero-order chi connectivity index (χ0) is 11.3. The summed E-state index contributed by atoms with van der Waals surface area (Å²) >= 11 is 3.43. The molecular formula is C11H16BrNO2. The van der Waals surface area contributed by atoms with Crippen LogP contribution in [0, 0.1) is 0 Å². The molecule has 1 aromatic rings. The Balaban J connectivity index is 2.92. The summed E-state index contributed by atoms with van der Waals surface area (Å²) in [6.07, 6.45) is 0. The van der Waals surface area contributed by atoms with Gasteiger partial charge in [-0.2, -0.15) is 0 Å². The van der Waals surface area contributed by atoms with E-state index in [9.17, 15) is 0 Å². The Labute approximate surface area is 98.6 Å². The topological polar surface area (TPSA) is 41.5 Å². The molecular weight excluding hydrogens is 258 g/mol. The zero-order valence-electron chi connectivity index (χ0n) is 8.96. The van der Waals surface area contributed by atoms with Crippen molar-refractivity contribution in [3.05, 3.63) is 28.2 Å². The van der Waals surface area contributed by atoms with Crippen molar-refractivity contribution in [2.24, 2.45) is 0 Å². The molecule has 0 saturated heterocycles. The van der Waals surface area contributed by atoms with Gasteiger partial charge >= 0.3 is 0 Å². The van der Waals surface area contributed by atoms with Crippen LogP contribution < -0.4 is 10.1 Å². The van der Waals surface area contributed by atoms with E-state index in [1.54, 1.807) is 0 Å². The van der Waals surface area contributed by atoms with E-state index in [0.29, 0.717) is 6.61 Å². The third-order valence-corrected chi connectivity index (χ3v) is 2.71. The molecule has 0 aromatic heterocycles. The Hall–Kier alpha value is -0.580. The van der Waals surface area contributed by atoms with Crippen molar-refractivity contribution in [2.75, 3.05) is 20.3 Å². The molecule has 0 spiro atoms. The Kier molecular flexibility index (Phi) is 5.08. The fraction of sp³-hybridized carbons (Fsp3) is 0.455. The Morgan fingerprint density at radius 3 is 2.87 bits per heavy atom. The second-order valence-electron chi connectivity index (χ2n) is 3.26. The summed E-state index contributed by atoms with van der Waals surface area (Å²) in [5, 5.41) is 11.9. The quantitative estimate of drug-likeness (QED) is 0.864. The minimum Gasteiger partial charge on any atom is -0.491 e. The fourth-order valence-electron chi connectivity index (χ4n) is 1.30. The van der Waals surface area contributed by atoms with E-state index >= 15 is 0 Å². The maximum atomic E-state index is 8.72. The molecule has 1 rings (SSSR count). The number of aliphatic hydroxyl groups excluding tert-OH is 1. The Morgan fingerprint density at radius 2 is 2.27 bits per heavy atom. The predicted molar refractivity (Wildman–Crippen MR) is 64.2 cm³/mol. The Bertz CT molecular complexity index is 317. The van der Waals surface area contributed by atoms with Gasteiger partial charge in [-0.25, -0.2) is 0 Å². The van der Waals surface area contributed by atoms with E-state index in [1.165, 1.54) is 0 Å². The minimum absolute atomic E-state index is 0.0312. The smallest absolute Gasteiger partial charge is 0.124 e. The lowest BCUT2D eigenvalue weighted by atomic mass is 10.1. The molecule has 1 unspecified atom stereocenters. The average Bonchev–Trinajstić information content (AvgIpc) is 2.26. The van der Waals surface area contributed by atoms with Crippen LogP contribution >= 0.6 is 15.9 Å². The van der Waals surface area contributed by atoms with Crippen LogP contribution in [0.15, 0.2) is 22.7 Å². The lowest BCUT2D eigenvalue weighted by Crippen LogP contribution is -2.14. The molecule has 4 heteroatoms. The molecule has 1 aromatic carbocycles. The van der Waals surface area contributed by atoms with E-state index in [0.717, 1.165) is 15.8 Å². The van der Waals surface area contributed by atoms with Crippen LogP contribution in [0.5, 0.6) is 5.75 Å². The van der Waals surface area contributed by atoms with Gasteiger partial charge < -0.3 is 15.2 Å². The SMILES string of the molecule is CNC(C)c1cc(Br)ccc1OCCO. The average molecular weight is 274 g/mol. The lowest BCUT2D eigenvalue weighted by Gasteiger charge is -2.16. The molecule has 0 fully saturated rings. The molecule has 0 bridgehead atoms. The van der Waals surface area contributed by atoms with Crippen molar-refractivity contribution in [3.63, 3.8) is 0 Å². The number of hydrogen-bond acceptors (Lipinski definition) is 3. The highest BCUT2D eigenvalue weighted by Crippen LogP contribution is 2.28. The largest absolute Gasteiger partial charge is 0.491 e. The zero-order valence-corrected chi connectivity index (χ0v) is 10.5. The van der Waals surface area contributed by atoms with Crippen LogP contribution in [0.25, 0.3) is 0 Å². The molecule has 1 atom stereocenters. The van der Waals surface area contributed by atoms with Crippen LogP contribution in [0.1, 0.15) is 18.5 Å². The molecule has 15 heavy (non-hydrogen) atoms. The summed E-state index contributed by atoms with van der Waals surface area (Å²) in [5.41, 5.74) is 1.08. The summed E-state index contributed by atoms with van der Waals surface area (Å²) in [5.74, 6) is 0.814.